The third kappa shape index (κ3) is 5.39. The SMILES string of the molecule is CC(=O)Oc1ccc2cc(C(=O)Oc3ccc4cc(C(=O)Oc5ccc(C)cc5C)ccc4c3)ccc2c1. The van der Waals surface area contributed by atoms with E-state index in [2.05, 4.69) is 0 Å². The number of carbonyl (C=O) groups excluding carboxylic acids is 3. The number of fused-ring (bicyclic) bond motifs is 2. The maximum absolute atomic E-state index is 12.8. The zero-order chi connectivity index (χ0) is 26.8. The molecule has 0 aliphatic rings. The van der Waals surface area contributed by atoms with Crippen LogP contribution >= 0.6 is 0 Å². The van der Waals surface area contributed by atoms with Crippen molar-refractivity contribution in [1.82, 2.24) is 0 Å². The van der Waals surface area contributed by atoms with Gasteiger partial charge in [0.05, 0.1) is 11.1 Å². The van der Waals surface area contributed by atoms with Crippen LogP contribution in [0.3, 0.4) is 0 Å². The van der Waals surface area contributed by atoms with E-state index in [4.69, 9.17) is 14.2 Å². The number of esters is 3. The molecule has 0 spiro atoms. The van der Waals surface area contributed by atoms with Crippen molar-refractivity contribution in [3.63, 3.8) is 0 Å². The van der Waals surface area contributed by atoms with Crippen LogP contribution in [-0.2, 0) is 4.79 Å². The van der Waals surface area contributed by atoms with Crippen LogP contribution in [0.1, 0.15) is 38.8 Å². The quantitative estimate of drug-likeness (QED) is 0.190. The molecule has 0 aliphatic carbocycles. The normalized spacial score (nSPS) is 10.8. The van der Waals surface area contributed by atoms with Gasteiger partial charge in [0.1, 0.15) is 17.2 Å². The number of carbonyl (C=O) groups is 3. The van der Waals surface area contributed by atoms with E-state index < -0.39 is 17.9 Å². The van der Waals surface area contributed by atoms with E-state index in [-0.39, 0.29) is 0 Å². The monoisotopic (exact) mass is 504 g/mol. The Morgan fingerprint density at radius 1 is 0.526 bits per heavy atom. The predicted octanol–water partition coefficient (Wildman–Crippen LogP) is 6.97. The molecule has 0 aliphatic heterocycles. The molecule has 0 bridgehead atoms. The third-order valence-electron chi connectivity index (χ3n) is 6.10. The van der Waals surface area contributed by atoms with Crippen molar-refractivity contribution in [2.75, 3.05) is 0 Å². The largest absolute Gasteiger partial charge is 0.427 e. The number of hydrogen-bond acceptors (Lipinski definition) is 6. The molecule has 0 saturated carbocycles. The molecular formula is C32H24O6. The first-order valence-corrected chi connectivity index (χ1v) is 12.0. The molecule has 0 heterocycles. The zero-order valence-electron chi connectivity index (χ0n) is 21.1. The Bertz CT molecular complexity index is 1730. The smallest absolute Gasteiger partial charge is 0.343 e. The molecule has 0 amide bonds. The van der Waals surface area contributed by atoms with Crippen LogP contribution in [0.4, 0.5) is 0 Å². The molecule has 0 aromatic heterocycles. The summed E-state index contributed by atoms with van der Waals surface area (Å²) >= 11 is 0. The maximum Gasteiger partial charge on any atom is 0.343 e. The van der Waals surface area contributed by atoms with E-state index in [1.165, 1.54) is 6.92 Å². The lowest BCUT2D eigenvalue weighted by Gasteiger charge is -2.10. The Kier molecular flexibility index (Phi) is 6.62. The van der Waals surface area contributed by atoms with Crippen molar-refractivity contribution >= 4 is 39.5 Å². The lowest BCUT2D eigenvalue weighted by molar-refractivity contribution is -0.131. The van der Waals surface area contributed by atoms with Gasteiger partial charge in [-0.2, -0.15) is 0 Å². The van der Waals surface area contributed by atoms with E-state index in [0.717, 1.165) is 32.7 Å². The molecule has 0 unspecified atom stereocenters. The summed E-state index contributed by atoms with van der Waals surface area (Å²) in [6, 6.07) is 26.5. The van der Waals surface area contributed by atoms with Crippen molar-refractivity contribution in [2.24, 2.45) is 0 Å². The van der Waals surface area contributed by atoms with Crippen molar-refractivity contribution in [1.29, 1.82) is 0 Å². The van der Waals surface area contributed by atoms with Gasteiger partial charge in [-0.3, -0.25) is 4.79 Å². The summed E-state index contributed by atoms with van der Waals surface area (Å²) in [6.45, 7) is 5.23. The lowest BCUT2D eigenvalue weighted by Crippen LogP contribution is -2.09. The molecule has 0 radical (unpaired) electrons. The average molecular weight is 505 g/mol. The van der Waals surface area contributed by atoms with Crippen molar-refractivity contribution in [3.05, 3.63) is 113 Å². The third-order valence-corrected chi connectivity index (χ3v) is 6.10. The minimum Gasteiger partial charge on any atom is -0.427 e. The van der Waals surface area contributed by atoms with Gasteiger partial charge in [-0.15, -0.1) is 0 Å². The Morgan fingerprint density at radius 2 is 1.03 bits per heavy atom. The second-order valence-electron chi connectivity index (χ2n) is 9.09. The summed E-state index contributed by atoms with van der Waals surface area (Å²) in [5.74, 6) is 0.0288. The van der Waals surface area contributed by atoms with Gasteiger partial charge >= 0.3 is 17.9 Å². The highest BCUT2D eigenvalue weighted by Crippen LogP contribution is 2.26. The van der Waals surface area contributed by atoms with Gasteiger partial charge in [0.25, 0.3) is 0 Å². The summed E-state index contributed by atoms with van der Waals surface area (Å²) in [7, 11) is 0. The van der Waals surface area contributed by atoms with Gasteiger partial charge in [-0.1, -0.05) is 42.0 Å². The van der Waals surface area contributed by atoms with Gasteiger partial charge in [-0.25, -0.2) is 9.59 Å². The molecule has 0 fully saturated rings. The molecule has 0 atom stereocenters. The van der Waals surface area contributed by atoms with Gasteiger partial charge < -0.3 is 14.2 Å². The highest BCUT2D eigenvalue weighted by Gasteiger charge is 2.13. The summed E-state index contributed by atoms with van der Waals surface area (Å²) in [6.07, 6.45) is 0. The summed E-state index contributed by atoms with van der Waals surface area (Å²) in [5, 5.41) is 3.27. The predicted molar refractivity (Wildman–Crippen MR) is 145 cm³/mol. The lowest BCUT2D eigenvalue weighted by atomic mass is 10.1. The Balaban J connectivity index is 1.31. The first kappa shape index (κ1) is 24.7. The highest BCUT2D eigenvalue weighted by atomic mass is 16.5. The molecule has 5 rings (SSSR count). The number of rotatable bonds is 5. The summed E-state index contributed by atoms with van der Waals surface area (Å²) < 4.78 is 16.3. The summed E-state index contributed by atoms with van der Waals surface area (Å²) in [4.78, 5) is 36.7. The zero-order valence-corrected chi connectivity index (χ0v) is 21.1. The van der Waals surface area contributed by atoms with Gasteiger partial charge in [-0.05, 0) is 95.6 Å². The Morgan fingerprint density at radius 3 is 1.58 bits per heavy atom. The molecule has 6 heteroatoms. The van der Waals surface area contributed by atoms with Crippen molar-refractivity contribution in [2.45, 2.75) is 20.8 Å². The minimum atomic E-state index is -0.496. The van der Waals surface area contributed by atoms with Crippen molar-refractivity contribution < 1.29 is 28.6 Å². The van der Waals surface area contributed by atoms with Crippen LogP contribution in [0.25, 0.3) is 21.5 Å². The van der Waals surface area contributed by atoms with Gasteiger partial charge in [0.15, 0.2) is 0 Å². The number of ether oxygens (including phenoxy) is 3. The number of hydrogen-bond donors (Lipinski definition) is 0. The van der Waals surface area contributed by atoms with Gasteiger partial charge in [0.2, 0.25) is 0 Å². The number of benzene rings is 5. The van der Waals surface area contributed by atoms with Gasteiger partial charge in [0, 0.05) is 6.92 Å². The second-order valence-corrected chi connectivity index (χ2v) is 9.09. The molecule has 5 aromatic rings. The summed E-state index contributed by atoms with van der Waals surface area (Å²) in [5.41, 5.74) is 2.81. The topological polar surface area (TPSA) is 78.9 Å². The maximum atomic E-state index is 12.8. The molecule has 38 heavy (non-hydrogen) atoms. The first-order chi connectivity index (χ1) is 18.2. The fraction of sp³-hybridized carbons (Fsp3) is 0.0938. The highest BCUT2D eigenvalue weighted by molar-refractivity contribution is 5.99. The van der Waals surface area contributed by atoms with E-state index in [9.17, 15) is 14.4 Å². The van der Waals surface area contributed by atoms with E-state index in [0.29, 0.717) is 28.4 Å². The molecule has 0 N–H and O–H groups in total. The Labute approximate surface area is 219 Å². The second kappa shape index (κ2) is 10.2. The fourth-order valence-electron chi connectivity index (χ4n) is 4.23. The van der Waals surface area contributed by atoms with Crippen LogP contribution < -0.4 is 14.2 Å². The minimum absolute atomic E-state index is 0.387. The van der Waals surface area contributed by atoms with Crippen LogP contribution in [0.5, 0.6) is 17.2 Å². The van der Waals surface area contributed by atoms with Crippen LogP contribution in [0.15, 0.2) is 91.0 Å². The van der Waals surface area contributed by atoms with Crippen molar-refractivity contribution in [3.8, 4) is 17.2 Å². The molecule has 5 aromatic carbocycles. The van der Waals surface area contributed by atoms with Crippen LogP contribution in [0, 0.1) is 13.8 Å². The molecule has 6 nitrogen and oxygen atoms in total. The van der Waals surface area contributed by atoms with E-state index in [1.54, 1.807) is 78.9 Å². The standard InChI is InChI=1S/C32H24O6/c1-19-4-13-30(20(2)14-19)38-32(35)27-8-6-25-18-29(12-10-23(25)16-27)37-31(34)26-7-5-24-17-28(36-21(3)33)11-9-22(24)15-26/h4-18H,1-3H3. The molecule has 0 saturated heterocycles. The molecule has 188 valence electrons. The van der Waals surface area contributed by atoms with E-state index >= 15 is 0 Å². The van der Waals surface area contributed by atoms with Crippen LogP contribution in [0.2, 0.25) is 0 Å². The van der Waals surface area contributed by atoms with Crippen LogP contribution in [-0.4, -0.2) is 17.9 Å². The number of aryl methyl sites for hydroxylation is 2. The van der Waals surface area contributed by atoms with E-state index in [1.807, 2.05) is 26.0 Å². The molecular weight excluding hydrogens is 480 g/mol. The first-order valence-electron chi connectivity index (χ1n) is 12.0. The average Bonchev–Trinajstić information content (AvgIpc) is 2.89. The fourth-order valence-corrected chi connectivity index (χ4v) is 4.23. The Hall–Kier alpha value is -4.97.